The Hall–Kier alpha value is -5.94. The van der Waals surface area contributed by atoms with Crippen molar-refractivity contribution in [3.8, 4) is 45.0 Å². The van der Waals surface area contributed by atoms with Gasteiger partial charge in [-0.25, -0.2) is 4.98 Å². The number of nitrogens with zero attached hydrogens (tertiary/aromatic N) is 3. The van der Waals surface area contributed by atoms with E-state index in [0.717, 1.165) is 22.3 Å². The van der Waals surface area contributed by atoms with Gasteiger partial charge in [-0.15, -0.1) is 11.3 Å². The van der Waals surface area contributed by atoms with Gasteiger partial charge in [0.25, 0.3) is 0 Å². The highest BCUT2D eigenvalue weighted by Gasteiger charge is 2.13. The number of halogens is 1. The lowest BCUT2D eigenvalue weighted by atomic mass is 9.94. The summed E-state index contributed by atoms with van der Waals surface area (Å²) in [6, 6.07) is 56.3. The molecule has 2 heterocycles. The molecule has 8 aromatic carbocycles. The smallest absolute Gasteiger partial charge is 0.208 e. The first kappa shape index (κ1) is 29.0. The third-order valence-electron chi connectivity index (χ3n) is 9.62. The molecule has 0 aliphatic carbocycles. The Morgan fingerprint density at radius 1 is 0.340 bits per heavy atom. The van der Waals surface area contributed by atoms with E-state index in [4.69, 9.17) is 16.6 Å². The van der Waals surface area contributed by atoms with Crippen molar-refractivity contribution in [1.29, 1.82) is 0 Å². The summed E-state index contributed by atoms with van der Waals surface area (Å²) in [5, 5.41) is 10.1. The lowest BCUT2D eigenvalue weighted by molar-refractivity contribution is 1.07. The Balaban J connectivity index is 1.01. The fourth-order valence-corrected chi connectivity index (χ4v) is 8.40. The van der Waals surface area contributed by atoms with Gasteiger partial charge in [-0.2, -0.15) is 9.97 Å². The highest BCUT2D eigenvalue weighted by Crippen LogP contribution is 2.37. The molecule has 0 amide bonds. The summed E-state index contributed by atoms with van der Waals surface area (Å²) in [5.74, 6) is 1.11. The maximum atomic E-state index is 6.52. The van der Waals surface area contributed by atoms with Crippen LogP contribution in [0.3, 0.4) is 0 Å². The first-order valence-corrected chi connectivity index (χ1v) is 17.7. The molecule has 0 aliphatic heterocycles. The van der Waals surface area contributed by atoms with E-state index in [0.29, 0.717) is 11.6 Å². The Bertz CT molecular complexity index is 2960. The molecule has 0 fully saturated rings. The highest BCUT2D eigenvalue weighted by atomic mass is 35.5. The summed E-state index contributed by atoms with van der Waals surface area (Å²) < 4.78 is 2.45. The number of thiophene rings is 1. The highest BCUT2D eigenvalue weighted by molar-refractivity contribution is 7.25. The quantitative estimate of drug-likeness (QED) is 0.174. The van der Waals surface area contributed by atoms with Gasteiger partial charge in [-0.1, -0.05) is 121 Å². The van der Waals surface area contributed by atoms with Crippen LogP contribution in [0.15, 0.2) is 158 Å². The second-order valence-electron chi connectivity index (χ2n) is 12.6. The summed E-state index contributed by atoms with van der Waals surface area (Å²) in [6.07, 6.45) is 0. The zero-order valence-electron chi connectivity index (χ0n) is 26.6. The Labute approximate surface area is 297 Å². The van der Waals surface area contributed by atoms with Crippen LogP contribution in [0.25, 0.3) is 97.5 Å². The van der Waals surface area contributed by atoms with Gasteiger partial charge in [0, 0.05) is 31.3 Å². The largest absolute Gasteiger partial charge is 0.226 e. The molecular weight excluding hydrogens is 650 g/mol. The number of hydrogen-bond acceptors (Lipinski definition) is 4. The first-order chi connectivity index (χ1) is 24.6. The van der Waals surface area contributed by atoms with Crippen LogP contribution in [-0.2, 0) is 0 Å². The predicted octanol–water partition coefficient (Wildman–Crippen LogP) is 13.0. The first-order valence-electron chi connectivity index (χ1n) is 16.5. The van der Waals surface area contributed by atoms with Gasteiger partial charge in [0.15, 0.2) is 11.6 Å². The average Bonchev–Trinajstić information content (AvgIpc) is 3.55. The molecule has 0 unspecified atom stereocenters. The molecule has 10 rings (SSSR count). The third kappa shape index (κ3) is 5.00. The summed E-state index contributed by atoms with van der Waals surface area (Å²) in [4.78, 5) is 14.0. The Kier molecular flexibility index (Phi) is 6.73. The fourth-order valence-electron chi connectivity index (χ4n) is 7.10. The molecule has 10 aromatic rings. The van der Waals surface area contributed by atoms with Crippen LogP contribution >= 0.6 is 22.9 Å². The zero-order valence-corrected chi connectivity index (χ0v) is 28.2. The SMILES string of the molecule is Clc1nc(-c2cccc(-c3ccc4ccc(-c5ccc6ccc7ccccc7c6c5)cc4c3)c2)nc(-c2ccc3c(c2)sc2ccccc23)n1. The van der Waals surface area contributed by atoms with Crippen LogP contribution in [0.5, 0.6) is 0 Å². The van der Waals surface area contributed by atoms with E-state index in [1.165, 1.54) is 63.6 Å². The lowest BCUT2D eigenvalue weighted by Gasteiger charge is -2.10. The molecule has 0 bridgehead atoms. The monoisotopic (exact) mass is 675 g/mol. The van der Waals surface area contributed by atoms with Gasteiger partial charge in [0.05, 0.1) is 0 Å². The van der Waals surface area contributed by atoms with Gasteiger partial charge in [0.2, 0.25) is 5.28 Å². The van der Waals surface area contributed by atoms with Crippen LogP contribution in [-0.4, -0.2) is 15.0 Å². The molecule has 2 aromatic heterocycles. The van der Waals surface area contributed by atoms with Crippen molar-refractivity contribution in [2.75, 3.05) is 0 Å². The summed E-state index contributed by atoms with van der Waals surface area (Å²) >= 11 is 8.29. The van der Waals surface area contributed by atoms with Gasteiger partial charge in [-0.05, 0) is 103 Å². The van der Waals surface area contributed by atoms with E-state index in [1.54, 1.807) is 11.3 Å². The number of hydrogen-bond donors (Lipinski definition) is 0. The van der Waals surface area contributed by atoms with Gasteiger partial charge in [-0.3, -0.25) is 0 Å². The molecular formula is C45H26ClN3S. The van der Waals surface area contributed by atoms with Crippen molar-refractivity contribution in [2.24, 2.45) is 0 Å². The van der Waals surface area contributed by atoms with Crippen LogP contribution in [0.4, 0.5) is 0 Å². The normalized spacial score (nSPS) is 11.7. The molecule has 0 saturated carbocycles. The second-order valence-corrected chi connectivity index (χ2v) is 14.1. The topological polar surface area (TPSA) is 38.7 Å². The van der Waals surface area contributed by atoms with E-state index >= 15 is 0 Å². The van der Waals surface area contributed by atoms with Gasteiger partial charge in [0.1, 0.15) is 0 Å². The van der Waals surface area contributed by atoms with Gasteiger partial charge >= 0.3 is 0 Å². The molecule has 0 saturated heterocycles. The standard InChI is InChI=1S/C45H26ClN3S/c46-45-48-43(47-44(49-45)35-20-21-39-38-10-3-4-11-41(38)50-42(39)26-35)34-8-5-7-30(22-34)31-17-12-27-13-18-32(24-36(27)23-31)33-19-16-29-15-14-28-6-1-2-9-37(28)40(29)25-33/h1-26H. The molecule has 0 atom stereocenters. The van der Waals surface area contributed by atoms with E-state index in [-0.39, 0.29) is 5.28 Å². The van der Waals surface area contributed by atoms with Crippen molar-refractivity contribution in [3.63, 3.8) is 0 Å². The molecule has 5 heteroatoms. The molecule has 0 N–H and O–H groups in total. The van der Waals surface area contributed by atoms with Crippen molar-refractivity contribution in [1.82, 2.24) is 15.0 Å². The van der Waals surface area contributed by atoms with Crippen molar-refractivity contribution >= 4 is 75.4 Å². The maximum Gasteiger partial charge on any atom is 0.226 e. The molecule has 3 nitrogen and oxygen atoms in total. The van der Waals surface area contributed by atoms with E-state index in [9.17, 15) is 0 Å². The average molecular weight is 676 g/mol. The number of aromatic nitrogens is 3. The van der Waals surface area contributed by atoms with E-state index in [2.05, 4.69) is 156 Å². The fraction of sp³-hybridized carbons (Fsp3) is 0. The minimum absolute atomic E-state index is 0.173. The molecule has 0 aliphatic rings. The maximum absolute atomic E-state index is 6.52. The van der Waals surface area contributed by atoms with E-state index in [1.807, 2.05) is 12.1 Å². The van der Waals surface area contributed by atoms with Crippen LogP contribution in [0, 0.1) is 0 Å². The number of fused-ring (bicyclic) bond motifs is 7. The predicted molar refractivity (Wildman–Crippen MR) is 212 cm³/mol. The minimum atomic E-state index is 0.173. The number of rotatable bonds is 4. The lowest BCUT2D eigenvalue weighted by Crippen LogP contribution is -1.97. The molecule has 0 spiro atoms. The van der Waals surface area contributed by atoms with Crippen LogP contribution in [0.1, 0.15) is 0 Å². The summed E-state index contributed by atoms with van der Waals surface area (Å²) in [5.41, 5.74) is 6.40. The number of benzene rings is 8. The zero-order chi connectivity index (χ0) is 33.2. The van der Waals surface area contributed by atoms with Crippen LogP contribution < -0.4 is 0 Å². The Morgan fingerprint density at radius 2 is 0.900 bits per heavy atom. The van der Waals surface area contributed by atoms with Crippen molar-refractivity contribution < 1.29 is 0 Å². The van der Waals surface area contributed by atoms with Gasteiger partial charge < -0.3 is 0 Å². The Morgan fingerprint density at radius 3 is 1.70 bits per heavy atom. The molecule has 0 radical (unpaired) electrons. The van der Waals surface area contributed by atoms with Crippen molar-refractivity contribution in [3.05, 3.63) is 163 Å². The van der Waals surface area contributed by atoms with Crippen LogP contribution in [0.2, 0.25) is 5.28 Å². The molecule has 234 valence electrons. The van der Waals surface area contributed by atoms with E-state index < -0.39 is 0 Å². The summed E-state index contributed by atoms with van der Waals surface area (Å²) in [7, 11) is 0. The molecule has 50 heavy (non-hydrogen) atoms. The second kappa shape index (κ2) is 11.6. The third-order valence-corrected chi connectivity index (χ3v) is 10.9. The summed E-state index contributed by atoms with van der Waals surface area (Å²) in [6.45, 7) is 0. The van der Waals surface area contributed by atoms with Crippen molar-refractivity contribution in [2.45, 2.75) is 0 Å². The minimum Gasteiger partial charge on any atom is -0.208 e.